The van der Waals surface area contributed by atoms with E-state index < -0.39 is 6.03 Å². The molecule has 9 heteroatoms. The summed E-state index contributed by atoms with van der Waals surface area (Å²) in [5.41, 5.74) is 8.07. The number of guanidine groups is 1. The largest absolute Gasteiger partial charge is 0.370 e. The van der Waals surface area contributed by atoms with Crippen molar-refractivity contribution in [2.75, 3.05) is 18.4 Å². The molecule has 2 aromatic carbocycles. The van der Waals surface area contributed by atoms with E-state index in [0.717, 1.165) is 50.6 Å². The molecule has 1 aliphatic heterocycles. The highest BCUT2D eigenvalue weighted by Gasteiger charge is 2.29. The summed E-state index contributed by atoms with van der Waals surface area (Å²) in [5.74, 6) is -0.0793. The van der Waals surface area contributed by atoms with E-state index in [1.165, 1.54) is 32.0 Å². The molecule has 0 radical (unpaired) electrons. The predicted octanol–water partition coefficient (Wildman–Crippen LogP) is 4.74. The van der Waals surface area contributed by atoms with Crippen molar-refractivity contribution < 1.29 is 18.8 Å². The van der Waals surface area contributed by atoms with Crippen LogP contribution in [0.2, 0.25) is 0 Å². The Hall–Kier alpha value is -3.75. The summed E-state index contributed by atoms with van der Waals surface area (Å²) in [6.07, 6.45) is 5.18. The molecular formula is C28H36FN5O3. The van der Waals surface area contributed by atoms with Crippen molar-refractivity contribution in [3.63, 3.8) is 0 Å². The number of amides is 2. The van der Waals surface area contributed by atoms with Crippen LogP contribution in [0.25, 0.3) is 0 Å². The van der Waals surface area contributed by atoms with Crippen LogP contribution in [0.1, 0.15) is 72.2 Å². The van der Waals surface area contributed by atoms with Gasteiger partial charge >= 0.3 is 6.03 Å². The molecule has 8 nitrogen and oxygen atoms in total. The molecule has 1 saturated heterocycles. The lowest BCUT2D eigenvalue weighted by molar-refractivity contribution is 0.101. The topological polar surface area (TPSA) is 128 Å². The number of unbranched alkanes of at least 4 members (excludes halogenated alkanes) is 1. The Kier molecular flexibility index (Phi) is 9.77. The molecule has 0 spiro atoms. The molecule has 2 atom stereocenters. The number of halogens is 1. The quantitative estimate of drug-likeness (QED) is 0.159. The van der Waals surface area contributed by atoms with Crippen molar-refractivity contribution in [3.8, 4) is 0 Å². The van der Waals surface area contributed by atoms with Crippen molar-refractivity contribution >= 4 is 29.2 Å². The molecule has 0 bridgehead atoms. The third-order valence-electron chi connectivity index (χ3n) is 6.83. The van der Waals surface area contributed by atoms with Gasteiger partial charge in [0.2, 0.25) is 0 Å². The van der Waals surface area contributed by atoms with E-state index in [1.807, 2.05) is 17.0 Å². The molecular weight excluding hydrogens is 473 g/mol. The van der Waals surface area contributed by atoms with Crippen molar-refractivity contribution in [2.45, 2.75) is 58.4 Å². The number of carbonyl (C=O) groups is 3. The minimum atomic E-state index is -0.405. The van der Waals surface area contributed by atoms with Gasteiger partial charge in [0, 0.05) is 35.9 Å². The lowest BCUT2D eigenvalue weighted by atomic mass is 9.84. The Labute approximate surface area is 217 Å². The van der Waals surface area contributed by atoms with Crippen molar-refractivity contribution in [2.24, 2.45) is 11.7 Å². The molecule has 1 aliphatic rings. The first-order valence-electron chi connectivity index (χ1n) is 12.7. The lowest BCUT2D eigenvalue weighted by Gasteiger charge is -2.40. The van der Waals surface area contributed by atoms with Crippen LogP contribution in [-0.2, 0) is 6.42 Å². The maximum Gasteiger partial charge on any atom is 0.319 e. The molecule has 198 valence electrons. The van der Waals surface area contributed by atoms with Gasteiger partial charge in [-0.1, -0.05) is 12.1 Å². The Morgan fingerprint density at radius 3 is 2.30 bits per heavy atom. The smallest absolute Gasteiger partial charge is 0.319 e. The number of rotatable bonds is 10. The average Bonchev–Trinajstić information content (AvgIpc) is 2.85. The predicted molar refractivity (Wildman–Crippen MR) is 143 cm³/mol. The first kappa shape index (κ1) is 27.8. The number of piperidine rings is 1. The Morgan fingerprint density at radius 2 is 1.70 bits per heavy atom. The zero-order valence-corrected chi connectivity index (χ0v) is 21.5. The van der Waals surface area contributed by atoms with Crippen LogP contribution in [0.3, 0.4) is 0 Å². The van der Waals surface area contributed by atoms with Gasteiger partial charge in [0.15, 0.2) is 17.5 Å². The highest BCUT2D eigenvalue weighted by Crippen LogP contribution is 2.28. The van der Waals surface area contributed by atoms with Gasteiger partial charge in [-0.05, 0) is 94.2 Å². The number of carbonyl (C=O) groups excluding carboxylic acids is 3. The van der Waals surface area contributed by atoms with Crippen LogP contribution in [0.4, 0.5) is 14.9 Å². The summed E-state index contributed by atoms with van der Waals surface area (Å²) in [6.45, 7) is 4.01. The van der Waals surface area contributed by atoms with Crippen LogP contribution >= 0.6 is 0 Å². The van der Waals surface area contributed by atoms with Crippen molar-refractivity contribution in [1.29, 1.82) is 5.41 Å². The lowest BCUT2D eigenvalue weighted by Crippen LogP contribution is -2.49. The number of likely N-dealkylation sites (tertiary alicyclic amines) is 1. The molecule has 2 aromatic rings. The van der Waals surface area contributed by atoms with Gasteiger partial charge in [-0.25, -0.2) is 9.18 Å². The number of urea groups is 1. The van der Waals surface area contributed by atoms with Gasteiger partial charge in [0.1, 0.15) is 5.82 Å². The first-order chi connectivity index (χ1) is 17.6. The fourth-order valence-electron chi connectivity index (χ4n) is 4.85. The second-order valence-electron chi connectivity index (χ2n) is 9.74. The highest BCUT2D eigenvalue weighted by atomic mass is 19.1. The summed E-state index contributed by atoms with van der Waals surface area (Å²) in [5, 5.41) is 13.5. The number of nitrogens with zero attached hydrogens (tertiary/aromatic N) is 1. The van der Waals surface area contributed by atoms with Crippen LogP contribution in [0.5, 0.6) is 0 Å². The van der Waals surface area contributed by atoms with E-state index in [0.29, 0.717) is 29.3 Å². The first-order valence-corrected chi connectivity index (χ1v) is 12.7. The fourth-order valence-corrected chi connectivity index (χ4v) is 4.85. The maximum absolute atomic E-state index is 13.2. The number of ketones is 2. The maximum atomic E-state index is 13.2. The van der Waals surface area contributed by atoms with Gasteiger partial charge in [-0.2, -0.15) is 0 Å². The number of Topliss-reactive ketones (excluding diaryl/α,β-unsaturated/α-hetero) is 2. The zero-order chi connectivity index (χ0) is 26.9. The number of hydrogen-bond donors (Lipinski definition) is 4. The third-order valence-corrected chi connectivity index (χ3v) is 6.83. The zero-order valence-electron chi connectivity index (χ0n) is 21.5. The molecule has 37 heavy (non-hydrogen) atoms. The molecule has 1 fully saturated rings. The Morgan fingerprint density at radius 1 is 1.05 bits per heavy atom. The van der Waals surface area contributed by atoms with Crippen molar-refractivity contribution in [3.05, 3.63) is 65.0 Å². The van der Waals surface area contributed by atoms with Gasteiger partial charge in [0.05, 0.1) is 0 Å². The molecule has 1 heterocycles. The second kappa shape index (κ2) is 13.0. The number of nitrogens with one attached hydrogen (secondary N) is 3. The van der Waals surface area contributed by atoms with Crippen LogP contribution in [-0.4, -0.2) is 47.6 Å². The molecule has 0 saturated carbocycles. The minimum Gasteiger partial charge on any atom is -0.370 e. The second-order valence-corrected chi connectivity index (χ2v) is 9.74. The van der Waals surface area contributed by atoms with E-state index in [2.05, 4.69) is 10.6 Å². The molecule has 3 rings (SSSR count). The minimum absolute atomic E-state index is 0.0838. The van der Waals surface area contributed by atoms with Gasteiger partial charge in [0.25, 0.3) is 0 Å². The molecule has 0 aliphatic carbocycles. The van der Waals surface area contributed by atoms with E-state index >= 15 is 0 Å². The van der Waals surface area contributed by atoms with E-state index in [1.54, 1.807) is 12.1 Å². The summed E-state index contributed by atoms with van der Waals surface area (Å²) >= 11 is 0. The highest BCUT2D eigenvalue weighted by molar-refractivity contribution is 6.02. The van der Waals surface area contributed by atoms with E-state index in [4.69, 9.17) is 11.1 Å². The van der Waals surface area contributed by atoms with Gasteiger partial charge in [-0.3, -0.25) is 15.0 Å². The monoisotopic (exact) mass is 509 g/mol. The Balaban J connectivity index is 1.46. The molecule has 5 N–H and O–H groups in total. The number of anilines is 1. The van der Waals surface area contributed by atoms with Gasteiger partial charge < -0.3 is 21.3 Å². The normalized spacial score (nSPS) is 17.2. The van der Waals surface area contributed by atoms with E-state index in [9.17, 15) is 18.8 Å². The number of nitrogens with two attached hydrogens (primary N) is 1. The Bertz CT molecular complexity index is 1100. The van der Waals surface area contributed by atoms with Crippen LogP contribution in [0.15, 0.2) is 42.5 Å². The third kappa shape index (κ3) is 8.41. The summed E-state index contributed by atoms with van der Waals surface area (Å²) < 4.78 is 13.2. The van der Waals surface area contributed by atoms with Gasteiger partial charge in [-0.15, -0.1) is 0 Å². The average molecular weight is 510 g/mol. The summed E-state index contributed by atoms with van der Waals surface area (Å²) in [7, 11) is 0. The SMILES string of the molecule is CC(=O)c1cc(NC(=O)NCCCC[C@H]2C[C@H](Cc3ccc(F)cc3)CCN2C(=N)N)cc(C(C)=O)c1. The summed E-state index contributed by atoms with van der Waals surface area (Å²) in [4.78, 5) is 37.8. The van der Waals surface area contributed by atoms with Crippen LogP contribution in [0, 0.1) is 17.1 Å². The summed E-state index contributed by atoms with van der Waals surface area (Å²) in [6, 6.07) is 11.0. The van der Waals surface area contributed by atoms with Crippen molar-refractivity contribution in [1.82, 2.24) is 10.2 Å². The fraction of sp³-hybridized carbons (Fsp3) is 0.429. The molecule has 0 unspecified atom stereocenters. The van der Waals surface area contributed by atoms with Crippen LogP contribution < -0.4 is 16.4 Å². The number of benzene rings is 2. The molecule has 2 amide bonds. The number of hydrogen-bond acceptors (Lipinski definition) is 4. The molecule has 0 aromatic heterocycles. The standard InChI is InChI=1S/C28H36FN5O3/c1-18(35)22-15-23(19(2)36)17-25(16-22)33-28(37)32-11-4-3-5-26-14-21(10-12-34(26)27(30)31)13-20-6-8-24(29)9-7-20/h6-9,15-17,21,26H,3-5,10-14H2,1-2H3,(H3,30,31)(H2,32,33,37)/t21-,26-/m0/s1. The van der Waals surface area contributed by atoms with E-state index in [-0.39, 0.29) is 29.4 Å².